The summed E-state index contributed by atoms with van der Waals surface area (Å²) in [5.41, 5.74) is 1.46. The van der Waals surface area contributed by atoms with Gasteiger partial charge in [-0.05, 0) is 36.4 Å². The van der Waals surface area contributed by atoms with Crippen molar-refractivity contribution in [3.63, 3.8) is 0 Å². The zero-order chi connectivity index (χ0) is 12.6. The second-order valence-electron chi connectivity index (χ2n) is 5.11. The second-order valence-corrected chi connectivity index (χ2v) is 5.11. The van der Waals surface area contributed by atoms with E-state index in [1.54, 1.807) is 6.20 Å². The number of aromatic nitrogens is 1. The molecule has 0 atom stereocenters. The number of hydrogen-bond acceptors (Lipinski definition) is 3. The van der Waals surface area contributed by atoms with Crippen LogP contribution in [-0.4, -0.2) is 18.1 Å². The maximum absolute atomic E-state index is 8.57. The van der Waals surface area contributed by atoms with Crippen molar-refractivity contribution in [3.8, 4) is 6.07 Å². The lowest BCUT2D eigenvalue weighted by Gasteiger charge is -2.23. The van der Waals surface area contributed by atoms with Gasteiger partial charge in [-0.1, -0.05) is 19.9 Å². The highest BCUT2D eigenvalue weighted by atomic mass is 14.9. The fourth-order valence-corrected chi connectivity index (χ4v) is 1.69. The number of nitrogens with zero attached hydrogens (tertiary/aromatic N) is 2. The summed E-state index contributed by atoms with van der Waals surface area (Å²) in [4.78, 5) is 4.09. The fourth-order valence-electron chi connectivity index (χ4n) is 1.69. The molecule has 0 saturated heterocycles. The van der Waals surface area contributed by atoms with Gasteiger partial charge in [-0.2, -0.15) is 5.26 Å². The van der Waals surface area contributed by atoms with Crippen molar-refractivity contribution in [1.29, 1.82) is 5.26 Å². The lowest BCUT2D eigenvalue weighted by Crippen LogP contribution is -2.30. The first-order valence-corrected chi connectivity index (χ1v) is 6.11. The van der Waals surface area contributed by atoms with Gasteiger partial charge in [0.1, 0.15) is 0 Å². The molecule has 0 radical (unpaired) electrons. The van der Waals surface area contributed by atoms with Crippen LogP contribution in [0.1, 0.15) is 32.3 Å². The monoisotopic (exact) mass is 231 g/mol. The molecule has 3 nitrogen and oxygen atoms in total. The molecule has 0 saturated carbocycles. The van der Waals surface area contributed by atoms with Crippen molar-refractivity contribution in [2.45, 2.75) is 33.1 Å². The minimum Gasteiger partial charge on any atom is -0.316 e. The smallest absolute Gasteiger partial charge is 0.0621 e. The molecule has 0 aliphatic heterocycles. The molecule has 0 bridgehead atoms. The highest BCUT2D eigenvalue weighted by molar-refractivity contribution is 5.08. The molecule has 1 heterocycles. The summed E-state index contributed by atoms with van der Waals surface area (Å²) in [6.07, 6.45) is 6.29. The normalized spacial score (nSPS) is 11.1. The molecule has 1 aromatic heterocycles. The van der Waals surface area contributed by atoms with Crippen molar-refractivity contribution in [2.24, 2.45) is 5.41 Å². The molecule has 0 unspecified atom stereocenters. The van der Waals surface area contributed by atoms with Gasteiger partial charge in [0.05, 0.1) is 6.07 Å². The molecule has 0 spiro atoms. The van der Waals surface area contributed by atoms with Crippen LogP contribution in [0.3, 0.4) is 0 Å². The summed E-state index contributed by atoms with van der Waals surface area (Å²) in [6.45, 7) is 6.31. The maximum Gasteiger partial charge on any atom is 0.0621 e. The summed E-state index contributed by atoms with van der Waals surface area (Å²) in [7, 11) is 0. The first-order valence-electron chi connectivity index (χ1n) is 6.11. The Kier molecular flexibility index (Phi) is 5.65. The first kappa shape index (κ1) is 13.7. The zero-order valence-electron chi connectivity index (χ0n) is 10.7. The van der Waals surface area contributed by atoms with Crippen LogP contribution in [0.4, 0.5) is 0 Å². The molecule has 0 fully saturated rings. The van der Waals surface area contributed by atoms with Crippen LogP contribution in [0.25, 0.3) is 0 Å². The fraction of sp³-hybridized carbons (Fsp3) is 0.571. The average Bonchev–Trinajstić information content (AvgIpc) is 2.34. The molecule has 0 aliphatic carbocycles. The lowest BCUT2D eigenvalue weighted by atomic mass is 9.88. The highest BCUT2D eigenvalue weighted by Crippen LogP contribution is 2.20. The highest BCUT2D eigenvalue weighted by Gasteiger charge is 2.16. The molecule has 3 heteroatoms. The van der Waals surface area contributed by atoms with E-state index in [4.69, 9.17) is 5.26 Å². The maximum atomic E-state index is 8.57. The molecule has 92 valence electrons. The van der Waals surface area contributed by atoms with E-state index in [1.807, 2.05) is 12.3 Å². The van der Waals surface area contributed by atoms with Gasteiger partial charge in [0, 0.05) is 25.4 Å². The van der Waals surface area contributed by atoms with Crippen molar-refractivity contribution in [1.82, 2.24) is 10.3 Å². The zero-order valence-corrected chi connectivity index (χ0v) is 10.7. The van der Waals surface area contributed by atoms with Gasteiger partial charge < -0.3 is 5.32 Å². The molecule has 0 aromatic carbocycles. The standard InChI is InChI=1S/C14H21N3/c1-14(2,7-4-8-15)12-17-10-6-13-5-3-9-16-11-13/h3,5,9,11,17H,4,6-7,10,12H2,1-2H3. The van der Waals surface area contributed by atoms with E-state index >= 15 is 0 Å². The minimum atomic E-state index is 0.199. The first-order chi connectivity index (χ1) is 8.14. The Morgan fingerprint density at radius 3 is 2.94 bits per heavy atom. The molecule has 0 aliphatic rings. The third-order valence-corrected chi connectivity index (χ3v) is 2.83. The molecule has 1 rings (SSSR count). The molecular formula is C14H21N3. The number of rotatable bonds is 7. The van der Waals surface area contributed by atoms with Gasteiger partial charge in [0.25, 0.3) is 0 Å². The van der Waals surface area contributed by atoms with Crippen molar-refractivity contribution in [2.75, 3.05) is 13.1 Å². The van der Waals surface area contributed by atoms with E-state index < -0.39 is 0 Å². The topological polar surface area (TPSA) is 48.7 Å². The van der Waals surface area contributed by atoms with Gasteiger partial charge in [0.2, 0.25) is 0 Å². The lowest BCUT2D eigenvalue weighted by molar-refractivity contribution is 0.319. The molecular weight excluding hydrogens is 210 g/mol. The number of nitrogens with one attached hydrogen (secondary N) is 1. The van der Waals surface area contributed by atoms with Crippen LogP contribution < -0.4 is 5.32 Å². The van der Waals surface area contributed by atoms with E-state index in [1.165, 1.54) is 5.56 Å². The van der Waals surface area contributed by atoms with Gasteiger partial charge in [-0.25, -0.2) is 0 Å². The van der Waals surface area contributed by atoms with Crippen LogP contribution in [0.2, 0.25) is 0 Å². The van der Waals surface area contributed by atoms with Gasteiger partial charge in [-0.15, -0.1) is 0 Å². The van der Waals surface area contributed by atoms with E-state index in [9.17, 15) is 0 Å². The van der Waals surface area contributed by atoms with Gasteiger partial charge in [0.15, 0.2) is 0 Å². The number of hydrogen-bond donors (Lipinski definition) is 1. The summed E-state index contributed by atoms with van der Waals surface area (Å²) in [6, 6.07) is 6.26. The molecule has 1 aromatic rings. The quantitative estimate of drug-likeness (QED) is 0.734. The molecule has 1 N–H and O–H groups in total. The molecule has 17 heavy (non-hydrogen) atoms. The van der Waals surface area contributed by atoms with Crippen LogP contribution in [-0.2, 0) is 6.42 Å². The van der Waals surface area contributed by atoms with Crippen LogP contribution in [0.5, 0.6) is 0 Å². The Labute approximate surface area is 104 Å². The van der Waals surface area contributed by atoms with Crippen molar-refractivity contribution in [3.05, 3.63) is 30.1 Å². The Morgan fingerprint density at radius 1 is 1.47 bits per heavy atom. The van der Waals surface area contributed by atoms with Crippen LogP contribution in [0.15, 0.2) is 24.5 Å². The summed E-state index contributed by atoms with van der Waals surface area (Å²) in [5, 5.41) is 12.0. The molecule has 0 amide bonds. The average molecular weight is 231 g/mol. The number of nitriles is 1. The Morgan fingerprint density at radius 2 is 2.29 bits per heavy atom. The Hall–Kier alpha value is -1.40. The SMILES string of the molecule is CC(C)(CCC#N)CNCCc1cccnc1. The van der Waals surface area contributed by atoms with E-state index in [-0.39, 0.29) is 5.41 Å². The summed E-state index contributed by atoms with van der Waals surface area (Å²) < 4.78 is 0. The van der Waals surface area contributed by atoms with Gasteiger partial charge in [-0.3, -0.25) is 4.98 Å². The van der Waals surface area contributed by atoms with Crippen molar-refractivity contribution < 1.29 is 0 Å². The van der Waals surface area contributed by atoms with Crippen LogP contribution >= 0.6 is 0 Å². The third kappa shape index (κ3) is 6.03. The predicted octanol–water partition coefficient (Wildman–Crippen LogP) is 2.54. The van der Waals surface area contributed by atoms with E-state index in [0.29, 0.717) is 6.42 Å². The summed E-state index contributed by atoms with van der Waals surface area (Å²) in [5.74, 6) is 0. The predicted molar refractivity (Wildman–Crippen MR) is 69.4 cm³/mol. The summed E-state index contributed by atoms with van der Waals surface area (Å²) >= 11 is 0. The number of pyridine rings is 1. The van der Waals surface area contributed by atoms with Gasteiger partial charge >= 0.3 is 0 Å². The Balaban J connectivity index is 2.18. The van der Waals surface area contributed by atoms with Crippen LogP contribution in [0, 0.1) is 16.7 Å². The van der Waals surface area contributed by atoms with E-state index in [0.717, 1.165) is 25.9 Å². The largest absolute Gasteiger partial charge is 0.316 e. The van der Waals surface area contributed by atoms with Crippen molar-refractivity contribution >= 4 is 0 Å². The minimum absolute atomic E-state index is 0.199. The van der Waals surface area contributed by atoms with E-state index in [2.05, 4.69) is 36.3 Å². The Bertz CT molecular complexity index is 351. The second kappa shape index (κ2) is 7.03. The third-order valence-electron chi connectivity index (χ3n) is 2.83.